The fourth-order valence-electron chi connectivity index (χ4n) is 2.43. The molecule has 0 aliphatic heterocycles. The molecule has 0 aromatic heterocycles. The predicted octanol–water partition coefficient (Wildman–Crippen LogP) is 3.45. The molecule has 0 saturated heterocycles. The minimum Gasteiger partial charge on any atom is -0.376 e. The third-order valence-corrected chi connectivity index (χ3v) is 3.61. The van der Waals surface area contributed by atoms with E-state index in [1.54, 1.807) is 0 Å². The molecule has 0 heterocycles. The van der Waals surface area contributed by atoms with Gasteiger partial charge in [0.05, 0.1) is 0 Å². The maximum absolute atomic E-state index is 13.6. The normalized spacial score (nSPS) is 23.5. The van der Waals surface area contributed by atoms with Gasteiger partial charge in [0, 0.05) is 12.1 Å². The molecule has 20 heavy (non-hydrogen) atoms. The van der Waals surface area contributed by atoms with Crippen molar-refractivity contribution >= 4 is 5.69 Å². The molecule has 1 saturated carbocycles. The zero-order valence-corrected chi connectivity index (χ0v) is 10.7. The van der Waals surface area contributed by atoms with Crippen molar-refractivity contribution in [1.82, 2.24) is 0 Å². The van der Waals surface area contributed by atoms with Gasteiger partial charge in [-0.05, 0) is 12.8 Å². The Morgan fingerprint density at radius 3 is 1.85 bits per heavy atom. The number of nitrogens with two attached hydrogens (primary N) is 1. The summed E-state index contributed by atoms with van der Waals surface area (Å²) in [5.41, 5.74) is 4.87. The third kappa shape index (κ3) is 2.72. The first-order valence-electron chi connectivity index (χ1n) is 6.47. The molecule has 0 bridgehead atoms. The topological polar surface area (TPSA) is 38.0 Å². The summed E-state index contributed by atoms with van der Waals surface area (Å²) in [7, 11) is 0. The minimum absolute atomic E-state index is 0.382. The Hall–Kier alpha value is -1.37. The van der Waals surface area contributed by atoms with E-state index >= 15 is 0 Å². The van der Waals surface area contributed by atoms with Gasteiger partial charge in [0.1, 0.15) is 5.69 Å². The number of rotatable bonds is 2. The van der Waals surface area contributed by atoms with Gasteiger partial charge in [0.25, 0.3) is 0 Å². The van der Waals surface area contributed by atoms with Gasteiger partial charge in [0.15, 0.2) is 23.3 Å². The van der Waals surface area contributed by atoms with Gasteiger partial charge in [-0.15, -0.1) is 0 Å². The summed E-state index contributed by atoms with van der Waals surface area (Å²) >= 11 is 0. The average molecular weight is 294 g/mol. The van der Waals surface area contributed by atoms with Gasteiger partial charge in [-0.2, -0.15) is 0 Å². The van der Waals surface area contributed by atoms with E-state index in [1.807, 2.05) is 0 Å². The molecule has 1 fully saturated rings. The smallest absolute Gasteiger partial charge is 0.200 e. The van der Waals surface area contributed by atoms with E-state index in [0.717, 1.165) is 19.3 Å². The lowest BCUT2D eigenvalue weighted by Crippen LogP contribution is -2.40. The van der Waals surface area contributed by atoms with Crippen molar-refractivity contribution < 1.29 is 22.0 Å². The van der Waals surface area contributed by atoms with Gasteiger partial charge in [0.2, 0.25) is 5.82 Å². The van der Waals surface area contributed by atoms with E-state index in [4.69, 9.17) is 5.73 Å². The first kappa shape index (κ1) is 15.0. The molecule has 0 amide bonds. The Morgan fingerprint density at radius 1 is 0.750 bits per heavy atom. The number of nitrogens with one attached hydrogen (secondary N) is 1. The van der Waals surface area contributed by atoms with Gasteiger partial charge >= 0.3 is 0 Å². The molecule has 112 valence electrons. The number of hydrogen-bond donors (Lipinski definition) is 2. The second-order valence-corrected chi connectivity index (χ2v) is 5.00. The first-order valence-corrected chi connectivity index (χ1v) is 6.47. The van der Waals surface area contributed by atoms with Gasteiger partial charge < -0.3 is 11.1 Å². The maximum atomic E-state index is 13.6. The summed E-state index contributed by atoms with van der Waals surface area (Å²) in [5, 5.41) is 2.39. The molecule has 2 nitrogen and oxygen atoms in total. The molecular weight excluding hydrogens is 279 g/mol. The molecule has 7 heteroatoms. The molecule has 1 aromatic rings. The molecule has 1 aliphatic carbocycles. The minimum atomic E-state index is -2.16. The highest BCUT2D eigenvalue weighted by Gasteiger charge is 2.29. The Morgan fingerprint density at radius 2 is 1.25 bits per heavy atom. The predicted molar refractivity (Wildman–Crippen MR) is 64.7 cm³/mol. The number of halogens is 5. The van der Waals surface area contributed by atoms with Crippen LogP contribution in [-0.2, 0) is 0 Å². The fourth-order valence-corrected chi connectivity index (χ4v) is 2.43. The van der Waals surface area contributed by atoms with Crippen LogP contribution in [0.4, 0.5) is 27.6 Å². The number of hydrogen-bond acceptors (Lipinski definition) is 2. The van der Waals surface area contributed by atoms with E-state index in [2.05, 4.69) is 5.32 Å². The van der Waals surface area contributed by atoms with Crippen molar-refractivity contribution in [3.05, 3.63) is 29.1 Å². The Kier molecular flexibility index (Phi) is 4.47. The molecular formula is C13H15F5N2. The molecule has 2 rings (SSSR count). The lowest BCUT2D eigenvalue weighted by Gasteiger charge is -2.24. The van der Waals surface area contributed by atoms with Crippen LogP contribution in [0.15, 0.2) is 0 Å². The van der Waals surface area contributed by atoms with Crippen molar-refractivity contribution in [2.45, 2.75) is 44.2 Å². The van der Waals surface area contributed by atoms with Crippen LogP contribution in [0.5, 0.6) is 0 Å². The fraction of sp³-hybridized carbons (Fsp3) is 0.538. The summed E-state index contributed by atoms with van der Waals surface area (Å²) in [5.74, 6) is -9.76. The molecule has 0 radical (unpaired) electrons. The first-order chi connectivity index (χ1) is 9.43. The van der Waals surface area contributed by atoms with Crippen molar-refractivity contribution in [2.75, 3.05) is 5.32 Å². The molecule has 2 atom stereocenters. The third-order valence-electron chi connectivity index (χ3n) is 3.61. The van der Waals surface area contributed by atoms with Crippen LogP contribution in [0.2, 0.25) is 0 Å². The zero-order chi connectivity index (χ0) is 14.9. The monoisotopic (exact) mass is 294 g/mol. The van der Waals surface area contributed by atoms with E-state index in [-0.39, 0.29) is 6.04 Å². The van der Waals surface area contributed by atoms with Gasteiger partial charge in [-0.3, -0.25) is 0 Å². The SMILES string of the molecule is NC1CCCCCC1Nc1c(F)c(F)c(F)c(F)c1F. The largest absolute Gasteiger partial charge is 0.376 e. The Balaban J connectivity index is 2.33. The van der Waals surface area contributed by atoms with Crippen LogP contribution in [0.1, 0.15) is 32.1 Å². The van der Waals surface area contributed by atoms with Crippen molar-refractivity contribution in [3.8, 4) is 0 Å². The Labute approximate surface area is 113 Å². The lowest BCUT2D eigenvalue weighted by atomic mass is 10.0. The summed E-state index contributed by atoms with van der Waals surface area (Å²) in [6.45, 7) is 0. The van der Waals surface area contributed by atoms with Gasteiger partial charge in [-0.1, -0.05) is 19.3 Å². The molecule has 3 N–H and O–H groups in total. The maximum Gasteiger partial charge on any atom is 0.200 e. The highest BCUT2D eigenvalue weighted by atomic mass is 19.2. The quantitative estimate of drug-likeness (QED) is 0.379. The summed E-state index contributed by atoms with van der Waals surface area (Å²) < 4.78 is 66.3. The van der Waals surface area contributed by atoms with Crippen molar-refractivity contribution in [3.63, 3.8) is 0 Å². The Bertz CT molecular complexity index is 477. The molecule has 1 aliphatic rings. The summed E-state index contributed by atoms with van der Waals surface area (Å²) in [6.07, 6.45) is 3.79. The number of anilines is 1. The van der Waals surface area contributed by atoms with Gasteiger partial charge in [-0.25, -0.2) is 22.0 Å². The van der Waals surface area contributed by atoms with E-state index < -0.39 is 40.8 Å². The van der Waals surface area contributed by atoms with E-state index in [0.29, 0.717) is 12.8 Å². The van der Waals surface area contributed by atoms with Crippen molar-refractivity contribution in [1.29, 1.82) is 0 Å². The lowest BCUT2D eigenvalue weighted by molar-refractivity contribution is 0.379. The summed E-state index contributed by atoms with van der Waals surface area (Å²) in [4.78, 5) is 0. The van der Waals surface area contributed by atoms with Crippen LogP contribution in [-0.4, -0.2) is 12.1 Å². The van der Waals surface area contributed by atoms with Crippen LogP contribution in [0.3, 0.4) is 0 Å². The second kappa shape index (κ2) is 5.95. The van der Waals surface area contributed by atoms with E-state index in [1.165, 1.54) is 0 Å². The molecule has 0 spiro atoms. The van der Waals surface area contributed by atoms with Crippen LogP contribution in [0.25, 0.3) is 0 Å². The highest BCUT2D eigenvalue weighted by molar-refractivity contribution is 5.48. The second-order valence-electron chi connectivity index (χ2n) is 5.00. The van der Waals surface area contributed by atoms with Crippen LogP contribution < -0.4 is 11.1 Å². The number of benzene rings is 1. The average Bonchev–Trinajstić information content (AvgIpc) is 2.64. The zero-order valence-electron chi connectivity index (χ0n) is 10.7. The summed E-state index contributed by atoms with van der Waals surface area (Å²) in [6, 6.07) is -0.891. The van der Waals surface area contributed by atoms with Crippen LogP contribution >= 0.6 is 0 Å². The van der Waals surface area contributed by atoms with Crippen LogP contribution in [0, 0.1) is 29.1 Å². The van der Waals surface area contributed by atoms with E-state index in [9.17, 15) is 22.0 Å². The molecule has 2 unspecified atom stereocenters. The van der Waals surface area contributed by atoms with Crippen molar-refractivity contribution in [2.24, 2.45) is 5.73 Å². The molecule has 1 aromatic carbocycles. The standard InChI is InChI=1S/C13H15F5N2/c14-8-9(15)11(17)13(12(18)10(8)16)20-7-5-3-1-2-4-6(7)19/h6-7,20H,1-5,19H2. The highest BCUT2D eigenvalue weighted by Crippen LogP contribution is 2.29.